The van der Waals surface area contributed by atoms with Gasteiger partial charge in [0, 0.05) is 47.9 Å². The van der Waals surface area contributed by atoms with Crippen molar-refractivity contribution in [3.8, 4) is 28.3 Å². The molecule has 11 heteroatoms. The summed E-state index contributed by atoms with van der Waals surface area (Å²) >= 11 is 0. The lowest BCUT2D eigenvalue weighted by Crippen LogP contribution is -2.36. The molecule has 0 amide bonds. The molecule has 3 aromatic carbocycles. The topological polar surface area (TPSA) is 111 Å². The fraction of sp³-hybridized carbons (Fsp3) is 0.282. The number of hydrogen-bond donors (Lipinski definition) is 1. The molecular formula is C39H36F2N4O5. The van der Waals surface area contributed by atoms with E-state index >= 15 is 0 Å². The summed E-state index contributed by atoms with van der Waals surface area (Å²) < 4.78 is 43.1. The van der Waals surface area contributed by atoms with Crippen molar-refractivity contribution in [3.63, 3.8) is 0 Å². The monoisotopic (exact) mass is 678 g/mol. The summed E-state index contributed by atoms with van der Waals surface area (Å²) in [6, 6.07) is 18.7. The van der Waals surface area contributed by atoms with Crippen LogP contribution in [0.4, 0.5) is 8.78 Å². The molecule has 0 saturated carbocycles. The van der Waals surface area contributed by atoms with Gasteiger partial charge in [-0.3, -0.25) is 19.7 Å². The summed E-state index contributed by atoms with van der Waals surface area (Å²) in [5.41, 5.74) is 9.68. The van der Waals surface area contributed by atoms with Crippen molar-refractivity contribution < 1.29 is 32.6 Å². The van der Waals surface area contributed by atoms with E-state index in [4.69, 9.17) is 18.9 Å². The number of carbonyl (C=O) groups is 1. The van der Waals surface area contributed by atoms with E-state index in [0.717, 1.165) is 62.0 Å². The average Bonchev–Trinajstić information content (AvgIpc) is 3.75. The number of likely N-dealkylation sites (tertiary alicyclic amines) is 1. The van der Waals surface area contributed by atoms with Crippen LogP contribution in [0.1, 0.15) is 46.4 Å². The number of fused-ring (bicyclic) bond motifs is 2. The molecule has 1 atom stereocenters. The largest absolute Gasteiger partial charge is 0.468 e. The molecular weight excluding hydrogens is 642 g/mol. The van der Waals surface area contributed by atoms with Gasteiger partial charge < -0.3 is 19.0 Å². The van der Waals surface area contributed by atoms with Crippen molar-refractivity contribution in [3.05, 3.63) is 107 Å². The zero-order chi connectivity index (χ0) is 34.9. The maximum Gasteiger partial charge on any atom is 0.387 e. The van der Waals surface area contributed by atoms with Crippen molar-refractivity contribution in [2.24, 2.45) is 0 Å². The van der Waals surface area contributed by atoms with Crippen LogP contribution in [0.2, 0.25) is 0 Å². The Morgan fingerprint density at radius 1 is 1.02 bits per heavy atom. The first-order chi connectivity index (χ1) is 24.2. The maximum absolute atomic E-state index is 13.5. The van der Waals surface area contributed by atoms with E-state index in [9.17, 15) is 18.7 Å². The Hall–Kier alpha value is -5.26. The van der Waals surface area contributed by atoms with Gasteiger partial charge in [0.05, 0.1) is 24.9 Å². The van der Waals surface area contributed by atoms with Crippen molar-refractivity contribution in [2.45, 2.75) is 58.9 Å². The molecule has 6 aromatic rings. The van der Waals surface area contributed by atoms with Crippen LogP contribution in [0.3, 0.4) is 0 Å². The first-order valence-corrected chi connectivity index (χ1v) is 16.5. The quantitative estimate of drug-likeness (QED) is 0.147. The lowest BCUT2D eigenvalue weighted by Gasteiger charge is -2.23. The van der Waals surface area contributed by atoms with E-state index in [1.807, 2.05) is 42.2 Å². The van der Waals surface area contributed by atoms with Crippen LogP contribution in [-0.4, -0.2) is 57.2 Å². The van der Waals surface area contributed by atoms with Gasteiger partial charge in [0.2, 0.25) is 5.89 Å². The van der Waals surface area contributed by atoms with Crippen molar-refractivity contribution in [1.29, 1.82) is 0 Å². The van der Waals surface area contributed by atoms with Gasteiger partial charge in [0.1, 0.15) is 17.3 Å². The number of pyridine rings is 2. The molecule has 0 aliphatic carbocycles. The second kappa shape index (κ2) is 13.9. The highest BCUT2D eigenvalue weighted by Crippen LogP contribution is 2.38. The second-order valence-electron chi connectivity index (χ2n) is 12.6. The average molecular weight is 679 g/mol. The normalized spacial score (nSPS) is 15.0. The van der Waals surface area contributed by atoms with E-state index in [1.54, 1.807) is 18.5 Å². The number of rotatable bonds is 10. The second-order valence-corrected chi connectivity index (χ2v) is 12.6. The molecule has 0 unspecified atom stereocenters. The predicted molar refractivity (Wildman–Crippen MR) is 185 cm³/mol. The summed E-state index contributed by atoms with van der Waals surface area (Å²) in [7, 11) is 1.35. The van der Waals surface area contributed by atoms with Gasteiger partial charge in [-0.25, -0.2) is 4.98 Å². The molecule has 3 aromatic heterocycles. The number of aromatic nitrogens is 3. The van der Waals surface area contributed by atoms with E-state index in [-0.39, 0.29) is 24.9 Å². The Labute approximate surface area is 287 Å². The Balaban J connectivity index is 1.22. The Morgan fingerprint density at radius 3 is 2.58 bits per heavy atom. The van der Waals surface area contributed by atoms with Crippen LogP contribution < -0.4 is 4.74 Å². The first kappa shape index (κ1) is 33.2. The van der Waals surface area contributed by atoms with Crippen molar-refractivity contribution in [1.82, 2.24) is 19.9 Å². The molecule has 50 heavy (non-hydrogen) atoms. The molecule has 1 aliphatic heterocycles. The summed E-state index contributed by atoms with van der Waals surface area (Å²) in [5.74, 6) is -0.0112. The first-order valence-electron chi connectivity index (χ1n) is 16.5. The molecule has 4 heterocycles. The Bertz CT molecular complexity index is 2220. The number of aliphatic hydroxyl groups excluding tert-OH is 1. The number of aliphatic hydroxyl groups is 1. The molecule has 0 bridgehead atoms. The summed E-state index contributed by atoms with van der Waals surface area (Å²) in [6.45, 7) is 1.85. The molecule has 1 saturated heterocycles. The number of oxazole rings is 1. The zero-order valence-electron chi connectivity index (χ0n) is 28.0. The highest BCUT2D eigenvalue weighted by molar-refractivity contribution is 5.84. The molecule has 0 spiro atoms. The number of ether oxygens (including phenoxy) is 2. The standard InChI is InChI=1S/C39H36F2N4O5/c1-22-25(16-32-36-26(12-13-42-32)15-24(21-46)19-43-36)7-4-8-28(22)29-9-5-10-30(23(29)2)37-44-31-17-27(34(50-39(40)41)18-35(31)49-37)20-45-14-6-11-33(45)38(47)48-3/h4-5,7-10,12-13,15,17-19,33,39,46H,6,11,14,16,20-21H2,1-3H3/t33-/m0/s1. The number of hydrogen-bond acceptors (Lipinski definition) is 9. The zero-order valence-corrected chi connectivity index (χ0v) is 28.0. The predicted octanol–water partition coefficient (Wildman–Crippen LogP) is 7.54. The highest BCUT2D eigenvalue weighted by Gasteiger charge is 2.32. The lowest BCUT2D eigenvalue weighted by atomic mass is 9.90. The van der Waals surface area contributed by atoms with Gasteiger partial charge >= 0.3 is 12.6 Å². The van der Waals surface area contributed by atoms with Crippen LogP contribution in [0.15, 0.2) is 77.5 Å². The number of halogens is 2. The molecule has 9 nitrogen and oxygen atoms in total. The van der Waals surface area contributed by atoms with Crippen LogP contribution in [0.5, 0.6) is 5.75 Å². The van der Waals surface area contributed by atoms with Crippen LogP contribution in [0, 0.1) is 13.8 Å². The third-order valence-electron chi connectivity index (χ3n) is 9.57. The molecule has 256 valence electrons. The van der Waals surface area contributed by atoms with Crippen LogP contribution in [-0.2, 0) is 29.1 Å². The van der Waals surface area contributed by atoms with Crippen molar-refractivity contribution >= 4 is 28.0 Å². The lowest BCUT2D eigenvalue weighted by molar-refractivity contribution is -0.146. The summed E-state index contributed by atoms with van der Waals surface area (Å²) in [6.07, 6.45) is 5.46. The number of methoxy groups -OCH3 is 1. The van der Waals surface area contributed by atoms with Gasteiger partial charge in [0.15, 0.2) is 5.58 Å². The molecule has 1 fully saturated rings. The number of esters is 1. The van der Waals surface area contributed by atoms with E-state index in [2.05, 4.69) is 35.1 Å². The van der Waals surface area contributed by atoms with Crippen molar-refractivity contribution in [2.75, 3.05) is 13.7 Å². The van der Waals surface area contributed by atoms with Gasteiger partial charge in [-0.1, -0.05) is 30.3 Å². The number of carbonyl (C=O) groups excluding carboxylic acids is 1. The number of benzene rings is 3. The molecule has 1 aliphatic rings. The highest BCUT2D eigenvalue weighted by atomic mass is 19.3. The fourth-order valence-electron chi connectivity index (χ4n) is 6.97. The van der Waals surface area contributed by atoms with Gasteiger partial charge in [-0.05, 0) is 90.9 Å². The van der Waals surface area contributed by atoms with Gasteiger partial charge in [-0.15, -0.1) is 0 Å². The smallest absolute Gasteiger partial charge is 0.387 e. The third kappa shape index (κ3) is 6.41. The van der Waals surface area contributed by atoms with Crippen LogP contribution >= 0.6 is 0 Å². The van der Waals surface area contributed by atoms with Gasteiger partial charge in [0.25, 0.3) is 0 Å². The molecule has 0 radical (unpaired) electrons. The third-order valence-corrected chi connectivity index (χ3v) is 9.57. The Morgan fingerprint density at radius 2 is 1.80 bits per heavy atom. The molecule has 7 rings (SSSR count). The SMILES string of the molecule is COC(=O)[C@@H]1CCCN1Cc1cc2nc(-c3cccc(-c4cccc(Cc5nccc6cc(CO)cnc56)c4C)c3C)oc2cc1OC(F)F. The minimum atomic E-state index is -3.03. The summed E-state index contributed by atoms with van der Waals surface area (Å²) in [5, 5.41) is 10.5. The van der Waals surface area contributed by atoms with E-state index in [1.165, 1.54) is 13.2 Å². The minimum Gasteiger partial charge on any atom is -0.468 e. The summed E-state index contributed by atoms with van der Waals surface area (Å²) in [4.78, 5) is 28.3. The van der Waals surface area contributed by atoms with Gasteiger partial charge in [-0.2, -0.15) is 8.78 Å². The Kier molecular flexibility index (Phi) is 9.26. The van der Waals surface area contributed by atoms with Crippen LogP contribution in [0.25, 0.3) is 44.6 Å². The fourth-order valence-corrected chi connectivity index (χ4v) is 6.97. The minimum absolute atomic E-state index is 0.0200. The number of alkyl halides is 2. The van der Waals surface area contributed by atoms with E-state index < -0.39 is 12.7 Å². The maximum atomic E-state index is 13.5. The molecule has 1 N–H and O–H groups in total. The number of nitrogens with zero attached hydrogens (tertiary/aromatic N) is 4. The van der Waals surface area contributed by atoms with E-state index in [0.29, 0.717) is 41.9 Å².